The maximum atomic E-state index is 14.7. The van der Waals surface area contributed by atoms with Gasteiger partial charge in [-0.2, -0.15) is 0 Å². The fourth-order valence-corrected chi connectivity index (χ4v) is 7.12. The molecule has 40 heavy (non-hydrogen) atoms. The summed E-state index contributed by atoms with van der Waals surface area (Å²) in [6, 6.07) is 6.19. The SMILES string of the molecule is COC(=O)C1=COC(OC2OC(CO)C(O)C(O)C2O)[C@@H]2C(CO)[N+]3([O-])CCc4c([nH]c5ccccc45)[C@H]3C[C@H]12. The Morgan fingerprint density at radius 3 is 2.62 bits per heavy atom. The topological polar surface area (TPSA) is 194 Å². The third-order valence-corrected chi connectivity index (χ3v) is 9.13. The summed E-state index contributed by atoms with van der Waals surface area (Å²) in [6.07, 6.45) is -7.07. The van der Waals surface area contributed by atoms with Gasteiger partial charge in [0.15, 0.2) is 6.29 Å². The zero-order valence-corrected chi connectivity index (χ0v) is 21.8. The Balaban J connectivity index is 1.39. The van der Waals surface area contributed by atoms with Gasteiger partial charge in [-0.1, -0.05) is 18.2 Å². The number of hydroxylamine groups is 3. The molecule has 2 fully saturated rings. The second-order valence-electron chi connectivity index (χ2n) is 11.0. The van der Waals surface area contributed by atoms with E-state index in [1.165, 1.54) is 13.4 Å². The normalized spacial score (nSPS) is 40.8. The van der Waals surface area contributed by atoms with Crippen molar-refractivity contribution in [2.45, 2.75) is 61.9 Å². The van der Waals surface area contributed by atoms with Crippen molar-refractivity contribution in [1.29, 1.82) is 0 Å². The van der Waals surface area contributed by atoms with Crippen molar-refractivity contribution in [2.24, 2.45) is 11.8 Å². The van der Waals surface area contributed by atoms with Gasteiger partial charge in [0.1, 0.15) is 36.5 Å². The number of piperidine rings is 1. The quantitative estimate of drug-likeness (QED) is 0.153. The molecule has 4 aliphatic heterocycles. The van der Waals surface area contributed by atoms with Gasteiger partial charge in [0, 0.05) is 29.7 Å². The molecule has 6 rings (SSSR count). The molecule has 5 heterocycles. The third kappa shape index (κ3) is 4.08. The fourth-order valence-electron chi connectivity index (χ4n) is 7.12. The van der Waals surface area contributed by atoms with Crippen molar-refractivity contribution in [3.8, 4) is 0 Å². The molecule has 0 spiro atoms. The number of carbonyl (C=O) groups is 1. The van der Waals surface area contributed by atoms with Gasteiger partial charge in [-0.3, -0.25) is 0 Å². The minimum atomic E-state index is -1.70. The summed E-state index contributed by atoms with van der Waals surface area (Å²) in [5.74, 6) is -2.14. The smallest absolute Gasteiger partial charge is 0.337 e. The predicted molar refractivity (Wildman–Crippen MR) is 136 cm³/mol. The highest BCUT2D eigenvalue weighted by Crippen LogP contribution is 2.54. The van der Waals surface area contributed by atoms with Crippen LogP contribution in [-0.2, 0) is 30.2 Å². The number of benzene rings is 1. The molecular weight excluding hydrogens is 528 g/mol. The standard InChI is InChI=1S/C27H34N2O11/c1-37-25(35)15-11-38-26(40-27-24(34)23(33)22(32)19(10-31)39-27)20-14(15)8-17-21-13(6-7-29(17,36)18(20)9-30)12-4-2-3-5-16(12)28-21/h2-5,11,14,17-20,22-24,26-28,30-34H,6-10H2,1H3/t14-,17-,18?,19?,20+,22?,23?,24?,26?,27?,29?/m1/s1. The molecule has 1 aromatic carbocycles. The van der Waals surface area contributed by atoms with Gasteiger partial charge in [0.05, 0.1) is 50.3 Å². The van der Waals surface area contributed by atoms with Crippen molar-refractivity contribution in [3.63, 3.8) is 0 Å². The Morgan fingerprint density at radius 2 is 1.90 bits per heavy atom. The lowest BCUT2D eigenvalue weighted by Crippen LogP contribution is -2.68. The number of hydrogen-bond acceptors (Lipinski definition) is 11. The van der Waals surface area contributed by atoms with E-state index in [1.807, 2.05) is 24.3 Å². The first kappa shape index (κ1) is 27.6. The van der Waals surface area contributed by atoms with E-state index in [-0.39, 0.29) is 18.5 Å². The highest BCUT2D eigenvalue weighted by atomic mass is 16.8. The van der Waals surface area contributed by atoms with Crippen LogP contribution in [0.4, 0.5) is 0 Å². The Hall–Kier alpha value is -2.59. The first-order valence-corrected chi connectivity index (χ1v) is 13.4. The van der Waals surface area contributed by atoms with E-state index in [9.17, 15) is 35.5 Å². The van der Waals surface area contributed by atoms with Gasteiger partial charge >= 0.3 is 5.97 Å². The zero-order valence-electron chi connectivity index (χ0n) is 21.8. The average Bonchev–Trinajstić information content (AvgIpc) is 3.34. The number of quaternary nitrogens is 1. The Bertz CT molecular complexity index is 1300. The maximum absolute atomic E-state index is 14.7. The van der Waals surface area contributed by atoms with Crippen LogP contribution in [0.15, 0.2) is 36.1 Å². The van der Waals surface area contributed by atoms with Crippen LogP contribution >= 0.6 is 0 Å². The summed E-state index contributed by atoms with van der Waals surface area (Å²) in [4.78, 5) is 16.3. The van der Waals surface area contributed by atoms with E-state index in [2.05, 4.69) is 4.98 Å². The molecule has 0 bridgehead atoms. The fraction of sp³-hybridized carbons (Fsp3) is 0.593. The van der Waals surface area contributed by atoms with E-state index in [0.29, 0.717) is 6.42 Å². The largest absolute Gasteiger partial charge is 0.632 e. The molecule has 13 nitrogen and oxygen atoms in total. The van der Waals surface area contributed by atoms with Gasteiger partial charge in [-0.25, -0.2) is 4.79 Å². The monoisotopic (exact) mass is 562 g/mol. The van der Waals surface area contributed by atoms with Crippen LogP contribution in [0.1, 0.15) is 23.7 Å². The van der Waals surface area contributed by atoms with Crippen LogP contribution in [0.3, 0.4) is 0 Å². The molecule has 6 N–H and O–H groups in total. The number of aliphatic hydroxyl groups is 5. The molecule has 1 aromatic heterocycles. The van der Waals surface area contributed by atoms with Crippen LogP contribution in [0.5, 0.6) is 0 Å². The minimum absolute atomic E-state index is 0.179. The molecule has 0 aliphatic carbocycles. The molecule has 8 unspecified atom stereocenters. The number of fused-ring (bicyclic) bond motifs is 6. The number of aromatic nitrogens is 1. The molecule has 4 aliphatic rings. The van der Waals surface area contributed by atoms with Crippen molar-refractivity contribution in [2.75, 3.05) is 26.9 Å². The number of rotatable bonds is 5. The Kier molecular flexibility index (Phi) is 7.14. The number of nitrogens with zero attached hydrogens (tertiary/aromatic N) is 1. The number of esters is 1. The van der Waals surface area contributed by atoms with E-state index in [4.69, 9.17) is 18.9 Å². The molecule has 0 amide bonds. The van der Waals surface area contributed by atoms with Crippen LogP contribution in [0.2, 0.25) is 0 Å². The summed E-state index contributed by atoms with van der Waals surface area (Å²) in [7, 11) is 1.24. The number of nitrogens with one attached hydrogen (secondary N) is 1. The van der Waals surface area contributed by atoms with Crippen molar-refractivity contribution >= 4 is 16.9 Å². The summed E-state index contributed by atoms with van der Waals surface area (Å²) in [6.45, 7) is -1.01. The van der Waals surface area contributed by atoms with E-state index < -0.39 is 84.7 Å². The van der Waals surface area contributed by atoms with E-state index >= 15 is 0 Å². The molecule has 2 saturated heterocycles. The molecule has 2 aromatic rings. The number of para-hydroxylation sites is 1. The second kappa shape index (κ2) is 10.4. The predicted octanol–water partition coefficient (Wildman–Crippen LogP) is -0.694. The van der Waals surface area contributed by atoms with Crippen LogP contribution in [0.25, 0.3) is 10.9 Å². The molecule has 13 heteroatoms. The van der Waals surface area contributed by atoms with Crippen molar-refractivity contribution in [3.05, 3.63) is 52.6 Å². The summed E-state index contributed by atoms with van der Waals surface area (Å²) >= 11 is 0. The molecule has 0 saturated carbocycles. The first-order valence-electron chi connectivity index (χ1n) is 13.4. The Labute approximate surface area is 229 Å². The number of aromatic amines is 1. The van der Waals surface area contributed by atoms with Gasteiger partial charge in [0.25, 0.3) is 0 Å². The molecule has 0 radical (unpaired) electrons. The molecule has 11 atom stereocenters. The van der Waals surface area contributed by atoms with Crippen LogP contribution in [0, 0.1) is 17.0 Å². The maximum Gasteiger partial charge on any atom is 0.337 e. The number of H-pyrrole nitrogens is 1. The summed E-state index contributed by atoms with van der Waals surface area (Å²) < 4.78 is 21.5. The minimum Gasteiger partial charge on any atom is -0.632 e. The second-order valence-corrected chi connectivity index (χ2v) is 11.0. The zero-order chi connectivity index (χ0) is 28.3. The van der Waals surface area contributed by atoms with Crippen molar-refractivity contribution in [1.82, 2.24) is 4.98 Å². The molecule has 218 valence electrons. The van der Waals surface area contributed by atoms with Gasteiger partial charge in [-0.15, -0.1) is 0 Å². The molecular formula is C27H34N2O11. The van der Waals surface area contributed by atoms with Gasteiger partial charge < -0.3 is 59.3 Å². The van der Waals surface area contributed by atoms with E-state index in [0.717, 1.165) is 22.2 Å². The summed E-state index contributed by atoms with van der Waals surface area (Å²) in [5.41, 5.74) is 2.92. The lowest BCUT2D eigenvalue weighted by molar-refractivity contribution is -0.950. The first-order chi connectivity index (χ1) is 19.2. The van der Waals surface area contributed by atoms with Gasteiger partial charge in [-0.05, 0) is 11.6 Å². The lowest BCUT2D eigenvalue weighted by Gasteiger charge is -2.62. The van der Waals surface area contributed by atoms with Crippen LogP contribution in [-0.4, -0.2) is 111 Å². The number of aliphatic hydroxyl groups excluding tert-OH is 5. The van der Waals surface area contributed by atoms with Gasteiger partial charge in [0.2, 0.25) is 6.29 Å². The number of methoxy groups -OCH3 is 1. The number of ether oxygens (including phenoxy) is 4. The number of carbonyl (C=O) groups excluding carboxylic acids is 1. The van der Waals surface area contributed by atoms with Crippen LogP contribution < -0.4 is 0 Å². The highest BCUT2D eigenvalue weighted by Gasteiger charge is 2.60. The van der Waals surface area contributed by atoms with Crippen molar-refractivity contribution < 1.29 is 53.9 Å². The Morgan fingerprint density at radius 1 is 1.12 bits per heavy atom. The number of hydrogen-bond donors (Lipinski definition) is 6. The lowest BCUT2D eigenvalue weighted by atomic mass is 9.69. The highest BCUT2D eigenvalue weighted by molar-refractivity contribution is 5.89. The average molecular weight is 563 g/mol. The summed E-state index contributed by atoms with van der Waals surface area (Å²) in [5, 5.41) is 67.0. The third-order valence-electron chi connectivity index (χ3n) is 9.13. The van der Waals surface area contributed by atoms with E-state index in [1.54, 1.807) is 0 Å².